The van der Waals surface area contributed by atoms with E-state index in [0.29, 0.717) is 5.92 Å². The molecule has 0 aliphatic carbocycles. The first-order valence-electron chi connectivity index (χ1n) is 11.1. The molecule has 0 spiro atoms. The van der Waals surface area contributed by atoms with Crippen LogP contribution in [-0.4, -0.2) is 47.1 Å². The Hall–Kier alpha value is -0.740. The first kappa shape index (κ1) is 23.9. The molecule has 0 radical (unpaired) electrons. The number of halogens is 1. The highest BCUT2D eigenvalue weighted by molar-refractivity contribution is 8.11. The normalized spacial score (nSPS) is 18.5. The Labute approximate surface area is 192 Å². The molecule has 0 amide bonds. The lowest BCUT2D eigenvalue weighted by atomic mass is 9.99. The van der Waals surface area contributed by atoms with Crippen LogP contribution in [0, 0.1) is 12.8 Å². The number of hydrogen-bond acceptors (Lipinski definition) is 4. The van der Waals surface area contributed by atoms with Gasteiger partial charge in [0.15, 0.2) is 0 Å². The van der Waals surface area contributed by atoms with Crippen LogP contribution in [0.4, 0.5) is 0 Å². The second-order valence-electron chi connectivity index (χ2n) is 7.82. The Balaban J connectivity index is 2.00. The van der Waals surface area contributed by atoms with E-state index in [0.717, 1.165) is 87.4 Å². The summed E-state index contributed by atoms with van der Waals surface area (Å²) in [5.41, 5.74) is 5.01. The lowest BCUT2D eigenvalue weighted by Gasteiger charge is -2.30. The summed E-state index contributed by atoms with van der Waals surface area (Å²) in [6, 6.07) is 0. The Morgan fingerprint density at radius 1 is 1.30 bits per heavy atom. The van der Waals surface area contributed by atoms with Gasteiger partial charge in [-0.3, -0.25) is 0 Å². The maximum absolute atomic E-state index is 6.92. The predicted molar refractivity (Wildman–Crippen MR) is 135 cm³/mol. The van der Waals surface area contributed by atoms with Gasteiger partial charge in [-0.05, 0) is 32.3 Å². The van der Waals surface area contributed by atoms with Gasteiger partial charge in [-0.2, -0.15) is 5.10 Å². The highest BCUT2D eigenvalue weighted by Crippen LogP contribution is 2.43. The van der Waals surface area contributed by atoms with Crippen molar-refractivity contribution in [3.8, 4) is 0 Å². The lowest BCUT2D eigenvalue weighted by Crippen LogP contribution is -2.34. The van der Waals surface area contributed by atoms with Gasteiger partial charge in [-0.15, -0.1) is 0 Å². The van der Waals surface area contributed by atoms with Gasteiger partial charge >= 0.3 is 0 Å². The quantitative estimate of drug-likeness (QED) is 0.415. The van der Waals surface area contributed by atoms with Gasteiger partial charge in [-0.1, -0.05) is 71.8 Å². The topological polar surface area (TPSA) is 30.3 Å². The monoisotopic (exact) mass is 467 g/mol. The third-order valence-corrected chi connectivity index (χ3v) is 8.66. The maximum Gasteiger partial charge on any atom is 0.0724 e. The summed E-state index contributed by atoms with van der Waals surface area (Å²) in [6.07, 6.45) is 7.68. The zero-order valence-corrected chi connectivity index (χ0v) is 21.3. The van der Waals surface area contributed by atoms with Gasteiger partial charge in [0, 0.05) is 40.2 Å². The molecule has 2 aliphatic rings. The number of allylic oxidation sites excluding steroid dienone is 3. The first-order valence-corrected chi connectivity index (χ1v) is 13.5. The number of aryl methyl sites for hydroxylation is 1. The molecule has 2 aliphatic heterocycles. The fraction of sp³-hybridized carbons (Fsp3) is 0.609. The number of hydrogen-bond donors (Lipinski definition) is 0. The van der Waals surface area contributed by atoms with Crippen molar-refractivity contribution < 1.29 is 4.74 Å². The third-order valence-electron chi connectivity index (χ3n) is 5.82. The molecule has 1 fully saturated rings. The Kier molecular flexibility index (Phi) is 8.94. The van der Waals surface area contributed by atoms with E-state index in [1.807, 2.05) is 0 Å². The lowest BCUT2D eigenvalue weighted by molar-refractivity contribution is 0.0579. The molecule has 1 unspecified atom stereocenters. The highest BCUT2D eigenvalue weighted by atomic mass is 35.5. The average molecular weight is 468 g/mol. The van der Waals surface area contributed by atoms with Crippen LogP contribution in [0.3, 0.4) is 0 Å². The van der Waals surface area contributed by atoms with Gasteiger partial charge in [0.05, 0.1) is 29.4 Å². The smallest absolute Gasteiger partial charge is 0.0724 e. The minimum absolute atomic E-state index is 0.551. The number of morpholine rings is 1. The Morgan fingerprint density at radius 3 is 2.63 bits per heavy atom. The molecule has 1 saturated heterocycles. The van der Waals surface area contributed by atoms with Gasteiger partial charge in [-0.25, -0.2) is 4.68 Å². The van der Waals surface area contributed by atoms with Crippen molar-refractivity contribution in [3.63, 3.8) is 0 Å². The van der Waals surface area contributed by atoms with Crippen molar-refractivity contribution in [2.24, 2.45) is 5.92 Å². The summed E-state index contributed by atoms with van der Waals surface area (Å²) in [7, 11) is 0.719. The van der Waals surface area contributed by atoms with Crippen molar-refractivity contribution >= 4 is 48.0 Å². The number of nitrogens with zero attached hydrogens (tertiary/aromatic N) is 3. The molecule has 1 atom stereocenters. The van der Waals surface area contributed by atoms with Crippen molar-refractivity contribution in [2.45, 2.75) is 53.4 Å². The maximum atomic E-state index is 6.92. The molecule has 0 N–H and O–H groups in total. The molecule has 3 rings (SSSR count). The molecule has 0 aromatic carbocycles. The van der Waals surface area contributed by atoms with E-state index >= 15 is 0 Å². The SMILES string of the molecule is C=C(S/C(=C(/Cl)CCC)c1c(C)nn2c1PCC=C2C(CC)CC)N1CCOCC1. The molecular weight excluding hydrogens is 433 g/mol. The number of fused-ring (bicyclic) bond motifs is 1. The standard InChI is InChI=1S/C23H35ClN3OPS/c1-6-9-19(24)22(30-17(5)26-11-13-28-14-12-26)21-16(4)25-27-20(18(7-2)8-3)10-15-29-23(21)27/h10,18,29H,5-9,11-15H2,1-4H3/b22-19+. The van der Waals surface area contributed by atoms with Crippen molar-refractivity contribution in [1.82, 2.24) is 14.7 Å². The van der Waals surface area contributed by atoms with Gasteiger partial charge in [0.2, 0.25) is 0 Å². The summed E-state index contributed by atoms with van der Waals surface area (Å²) in [6.45, 7) is 16.5. The van der Waals surface area contributed by atoms with Crippen LogP contribution in [0.1, 0.15) is 57.7 Å². The second kappa shape index (κ2) is 11.2. The fourth-order valence-electron chi connectivity index (χ4n) is 4.10. The molecule has 166 valence electrons. The number of rotatable bonds is 9. The molecule has 3 heterocycles. The summed E-state index contributed by atoms with van der Waals surface area (Å²) < 4.78 is 7.75. The Morgan fingerprint density at radius 2 is 2.00 bits per heavy atom. The molecule has 4 nitrogen and oxygen atoms in total. The van der Waals surface area contributed by atoms with E-state index < -0.39 is 0 Å². The number of aromatic nitrogens is 2. The summed E-state index contributed by atoms with van der Waals surface area (Å²) in [5.74, 6) is 0.551. The van der Waals surface area contributed by atoms with Crippen molar-refractivity contribution in [3.05, 3.63) is 34.0 Å². The van der Waals surface area contributed by atoms with Crippen LogP contribution in [-0.2, 0) is 4.74 Å². The zero-order chi connectivity index (χ0) is 21.7. The molecule has 30 heavy (non-hydrogen) atoms. The van der Waals surface area contributed by atoms with E-state index in [4.69, 9.17) is 21.4 Å². The fourth-order valence-corrected chi connectivity index (χ4v) is 7.02. The van der Waals surface area contributed by atoms with E-state index in [1.54, 1.807) is 11.8 Å². The minimum atomic E-state index is 0.551. The molecule has 0 saturated carbocycles. The van der Waals surface area contributed by atoms with Crippen LogP contribution >= 0.6 is 31.9 Å². The van der Waals surface area contributed by atoms with Crippen LogP contribution in [0.15, 0.2) is 22.7 Å². The highest BCUT2D eigenvalue weighted by Gasteiger charge is 2.28. The van der Waals surface area contributed by atoms with Crippen LogP contribution in [0.25, 0.3) is 10.6 Å². The largest absolute Gasteiger partial charge is 0.378 e. The van der Waals surface area contributed by atoms with Crippen LogP contribution in [0.5, 0.6) is 0 Å². The van der Waals surface area contributed by atoms with Crippen molar-refractivity contribution in [1.29, 1.82) is 0 Å². The summed E-state index contributed by atoms with van der Waals surface area (Å²) in [5, 5.41) is 7.00. The molecule has 1 aromatic rings. The second-order valence-corrected chi connectivity index (χ2v) is 10.6. The molecule has 1 aromatic heterocycles. The van der Waals surface area contributed by atoms with Crippen LogP contribution in [0.2, 0.25) is 0 Å². The van der Waals surface area contributed by atoms with Gasteiger partial charge in [0.1, 0.15) is 0 Å². The summed E-state index contributed by atoms with van der Waals surface area (Å²) >= 11 is 8.64. The average Bonchev–Trinajstić information content (AvgIpc) is 3.10. The molecule has 7 heteroatoms. The van der Waals surface area contributed by atoms with E-state index in [9.17, 15) is 0 Å². The van der Waals surface area contributed by atoms with E-state index in [-0.39, 0.29) is 0 Å². The zero-order valence-electron chi connectivity index (χ0n) is 18.8. The van der Waals surface area contributed by atoms with Gasteiger partial charge < -0.3 is 9.64 Å². The van der Waals surface area contributed by atoms with Crippen molar-refractivity contribution in [2.75, 3.05) is 32.5 Å². The van der Waals surface area contributed by atoms with E-state index in [2.05, 4.69) is 49.9 Å². The Bertz CT molecular complexity index is 823. The first-order chi connectivity index (χ1) is 14.5. The summed E-state index contributed by atoms with van der Waals surface area (Å²) in [4.78, 5) is 3.46. The van der Waals surface area contributed by atoms with Crippen LogP contribution < -0.4 is 5.44 Å². The minimum Gasteiger partial charge on any atom is -0.378 e. The predicted octanol–water partition coefficient (Wildman–Crippen LogP) is 6.03. The third kappa shape index (κ3) is 5.18. The number of thioether (sulfide) groups is 1. The molecular formula is C23H35ClN3OPS. The number of ether oxygens (including phenoxy) is 1. The van der Waals surface area contributed by atoms with Gasteiger partial charge in [0.25, 0.3) is 0 Å². The van der Waals surface area contributed by atoms with E-state index in [1.165, 1.54) is 16.7 Å². The molecule has 0 bridgehead atoms.